The topological polar surface area (TPSA) is 50.9 Å². The van der Waals surface area contributed by atoms with Gasteiger partial charge in [-0.1, -0.05) is 17.8 Å². The number of thioether (sulfide) groups is 1. The second-order valence-corrected chi connectivity index (χ2v) is 4.67. The van der Waals surface area contributed by atoms with Crippen LogP contribution in [0.2, 0.25) is 0 Å². The van der Waals surface area contributed by atoms with E-state index in [1.165, 1.54) is 24.2 Å². The zero-order chi connectivity index (χ0) is 13.1. The zero-order valence-electron chi connectivity index (χ0n) is 9.55. The average molecular weight is 271 g/mol. The Labute approximate surface area is 107 Å². The summed E-state index contributed by atoms with van der Waals surface area (Å²) in [7, 11) is 1.75. The van der Waals surface area contributed by atoms with E-state index < -0.39 is 17.7 Å². The van der Waals surface area contributed by atoms with Gasteiger partial charge in [0, 0.05) is 12.8 Å². The molecule has 0 bridgehead atoms. The summed E-state index contributed by atoms with van der Waals surface area (Å²) >= 11 is 1.18. The summed E-state index contributed by atoms with van der Waals surface area (Å²) in [5.41, 5.74) is -0.313. The molecule has 0 aliphatic heterocycles. The van der Waals surface area contributed by atoms with E-state index in [1.807, 2.05) is 0 Å². The van der Waals surface area contributed by atoms with E-state index in [9.17, 15) is 13.9 Å². The van der Waals surface area contributed by atoms with Crippen LogP contribution in [0.3, 0.4) is 0 Å². The number of hydrogen-bond donors (Lipinski definition) is 1. The molecular weight excluding hydrogens is 260 g/mol. The van der Waals surface area contributed by atoms with E-state index in [-0.39, 0.29) is 11.3 Å². The van der Waals surface area contributed by atoms with Crippen LogP contribution in [0.4, 0.5) is 8.78 Å². The van der Waals surface area contributed by atoms with Crippen molar-refractivity contribution in [2.24, 2.45) is 7.05 Å². The smallest absolute Gasteiger partial charge is 0.190 e. The number of aromatic nitrogens is 3. The Kier molecular flexibility index (Phi) is 3.93. The van der Waals surface area contributed by atoms with Crippen molar-refractivity contribution in [2.45, 2.75) is 11.3 Å². The highest BCUT2D eigenvalue weighted by atomic mass is 32.2. The summed E-state index contributed by atoms with van der Waals surface area (Å²) < 4.78 is 28.5. The number of nitrogens with zero attached hydrogens (tertiary/aromatic N) is 3. The number of benzene rings is 1. The zero-order valence-corrected chi connectivity index (χ0v) is 10.4. The first-order valence-electron chi connectivity index (χ1n) is 5.18. The number of halogens is 2. The van der Waals surface area contributed by atoms with Crippen molar-refractivity contribution in [2.75, 3.05) is 5.75 Å². The summed E-state index contributed by atoms with van der Waals surface area (Å²) in [4.78, 5) is 0. The largest absolute Gasteiger partial charge is 0.387 e. The number of rotatable bonds is 4. The summed E-state index contributed by atoms with van der Waals surface area (Å²) in [6.45, 7) is 0. The maximum absolute atomic E-state index is 13.4. The molecule has 0 amide bonds. The molecule has 0 saturated carbocycles. The number of hydrogen-bond acceptors (Lipinski definition) is 4. The first-order chi connectivity index (χ1) is 8.59. The average Bonchev–Trinajstić information content (AvgIpc) is 2.72. The lowest BCUT2D eigenvalue weighted by Crippen LogP contribution is -2.07. The second-order valence-electron chi connectivity index (χ2n) is 3.69. The van der Waals surface area contributed by atoms with Crippen molar-refractivity contribution in [3.63, 3.8) is 0 Å². The third kappa shape index (κ3) is 2.68. The Bertz CT molecular complexity index is 527. The van der Waals surface area contributed by atoms with Crippen molar-refractivity contribution in [3.8, 4) is 0 Å². The van der Waals surface area contributed by atoms with Gasteiger partial charge in [-0.05, 0) is 12.1 Å². The van der Waals surface area contributed by atoms with Crippen LogP contribution in [-0.4, -0.2) is 25.6 Å². The molecule has 1 heterocycles. The van der Waals surface area contributed by atoms with Gasteiger partial charge in [0.2, 0.25) is 0 Å². The van der Waals surface area contributed by atoms with Crippen molar-refractivity contribution < 1.29 is 13.9 Å². The molecule has 0 spiro atoms. The molecule has 0 aliphatic rings. The summed E-state index contributed by atoms with van der Waals surface area (Å²) in [5, 5.41) is 17.9. The molecule has 1 unspecified atom stereocenters. The Morgan fingerprint density at radius 2 is 2.06 bits per heavy atom. The Balaban J connectivity index is 2.08. The fourth-order valence-corrected chi connectivity index (χ4v) is 2.30. The predicted molar refractivity (Wildman–Crippen MR) is 63.0 cm³/mol. The third-order valence-electron chi connectivity index (χ3n) is 2.37. The minimum absolute atomic E-state index is 0.102. The minimum Gasteiger partial charge on any atom is -0.387 e. The lowest BCUT2D eigenvalue weighted by molar-refractivity contribution is 0.193. The van der Waals surface area contributed by atoms with Gasteiger partial charge in [0.25, 0.3) is 0 Å². The molecule has 0 aliphatic carbocycles. The predicted octanol–water partition coefficient (Wildman–Crippen LogP) is 1.92. The standard InChI is InChI=1S/C11H11F2N3OS/c1-16-6-14-15-11(16)18-5-9(17)10-7(12)3-2-4-8(10)13/h2-4,6,9,17H,5H2,1H3. The highest BCUT2D eigenvalue weighted by Crippen LogP contribution is 2.26. The minimum atomic E-state index is -1.23. The van der Waals surface area contributed by atoms with Gasteiger partial charge in [-0.3, -0.25) is 0 Å². The molecule has 2 aromatic rings. The molecule has 0 fully saturated rings. The number of aryl methyl sites for hydroxylation is 1. The van der Waals surface area contributed by atoms with Crippen LogP contribution in [-0.2, 0) is 7.05 Å². The molecule has 1 aromatic heterocycles. The summed E-state index contributed by atoms with van der Waals surface area (Å²) in [6, 6.07) is 3.50. The summed E-state index contributed by atoms with van der Waals surface area (Å²) in [5.74, 6) is -1.40. The van der Waals surface area contributed by atoms with Gasteiger partial charge in [-0.2, -0.15) is 0 Å². The molecule has 0 saturated heterocycles. The molecule has 1 N–H and O–H groups in total. The van der Waals surface area contributed by atoms with Crippen LogP contribution in [0.15, 0.2) is 29.7 Å². The fraction of sp³-hybridized carbons (Fsp3) is 0.273. The number of aliphatic hydroxyl groups is 1. The first kappa shape index (κ1) is 13.0. The first-order valence-corrected chi connectivity index (χ1v) is 6.17. The lowest BCUT2D eigenvalue weighted by Gasteiger charge is -2.11. The summed E-state index contributed by atoms with van der Waals surface area (Å²) in [6.07, 6.45) is 0.284. The Morgan fingerprint density at radius 1 is 1.39 bits per heavy atom. The van der Waals surface area contributed by atoms with Crippen LogP contribution in [0.5, 0.6) is 0 Å². The van der Waals surface area contributed by atoms with Crippen molar-refractivity contribution in [1.82, 2.24) is 14.8 Å². The highest BCUT2D eigenvalue weighted by Gasteiger charge is 2.18. The van der Waals surface area contributed by atoms with Gasteiger partial charge >= 0.3 is 0 Å². The Morgan fingerprint density at radius 3 is 2.61 bits per heavy atom. The monoisotopic (exact) mass is 271 g/mol. The van der Waals surface area contributed by atoms with Crippen molar-refractivity contribution >= 4 is 11.8 Å². The van der Waals surface area contributed by atoms with Gasteiger partial charge in [-0.15, -0.1) is 10.2 Å². The van der Waals surface area contributed by atoms with E-state index in [4.69, 9.17) is 0 Å². The van der Waals surface area contributed by atoms with Crippen molar-refractivity contribution in [3.05, 3.63) is 41.7 Å². The van der Waals surface area contributed by atoms with Gasteiger partial charge in [0.1, 0.15) is 18.0 Å². The second kappa shape index (κ2) is 5.45. The molecule has 96 valence electrons. The van der Waals surface area contributed by atoms with Gasteiger partial charge in [0.15, 0.2) is 5.16 Å². The van der Waals surface area contributed by atoms with Gasteiger partial charge in [-0.25, -0.2) is 8.78 Å². The van der Waals surface area contributed by atoms with E-state index in [0.717, 1.165) is 12.1 Å². The molecular formula is C11H11F2N3OS. The van der Waals surface area contributed by atoms with Gasteiger partial charge in [0.05, 0.1) is 11.7 Å². The van der Waals surface area contributed by atoms with Gasteiger partial charge < -0.3 is 9.67 Å². The molecule has 2 rings (SSSR count). The van der Waals surface area contributed by atoms with E-state index >= 15 is 0 Å². The fourth-order valence-electron chi connectivity index (χ4n) is 1.47. The molecule has 1 atom stereocenters. The third-order valence-corrected chi connectivity index (χ3v) is 3.48. The molecule has 1 aromatic carbocycles. The van der Waals surface area contributed by atoms with E-state index in [0.29, 0.717) is 5.16 Å². The Hall–Kier alpha value is -1.47. The highest BCUT2D eigenvalue weighted by molar-refractivity contribution is 7.99. The van der Waals surface area contributed by atoms with Crippen LogP contribution in [0, 0.1) is 11.6 Å². The molecule has 7 heteroatoms. The molecule has 4 nitrogen and oxygen atoms in total. The van der Waals surface area contributed by atoms with Crippen LogP contribution >= 0.6 is 11.8 Å². The van der Waals surface area contributed by atoms with E-state index in [1.54, 1.807) is 11.6 Å². The quantitative estimate of drug-likeness (QED) is 0.863. The van der Waals surface area contributed by atoms with Crippen molar-refractivity contribution in [1.29, 1.82) is 0 Å². The normalized spacial score (nSPS) is 12.7. The maximum atomic E-state index is 13.4. The van der Waals surface area contributed by atoms with Crippen LogP contribution < -0.4 is 0 Å². The molecule has 18 heavy (non-hydrogen) atoms. The van der Waals surface area contributed by atoms with Crippen LogP contribution in [0.1, 0.15) is 11.7 Å². The SMILES string of the molecule is Cn1cnnc1SCC(O)c1c(F)cccc1F. The van der Waals surface area contributed by atoms with Crippen LogP contribution in [0.25, 0.3) is 0 Å². The molecule has 0 radical (unpaired) electrons. The lowest BCUT2D eigenvalue weighted by atomic mass is 10.1. The van der Waals surface area contributed by atoms with E-state index in [2.05, 4.69) is 10.2 Å². The number of aliphatic hydroxyl groups excluding tert-OH is 1. The maximum Gasteiger partial charge on any atom is 0.190 e.